The summed E-state index contributed by atoms with van der Waals surface area (Å²) in [6.07, 6.45) is 0. The summed E-state index contributed by atoms with van der Waals surface area (Å²) in [6, 6.07) is 14.3. The summed E-state index contributed by atoms with van der Waals surface area (Å²) in [6.45, 7) is 6.07. The minimum absolute atomic E-state index is 0.145. The number of nitriles is 1. The highest BCUT2D eigenvalue weighted by Gasteiger charge is 2.27. The minimum atomic E-state index is -0.437. The summed E-state index contributed by atoms with van der Waals surface area (Å²) in [4.78, 5) is 12.5. The van der Waals surface area contributed by atoms with Gasteiger partial charge in [-0.15, -0.1) is 0 Å². The second-order valence-corrected chi connectivity index (χ2v) is 6.82. The second-order valence-electron chi connectivity index (χ2n) is 6.82. The number of benzene rings is 2. The van der Waals surface area contributed by atoms with E-state index in [1.807, 2.05) is 26.8 Å². The van der Waals surface area contributed by atoms with E-state index >= 15 is 0 Å². The number of hydrogen-bond acceptors (Lipinski definition) is 3. The molecule has 1 atom stereocenters. The van der Waals surface area contributed by atoms with Crippen LogP contribution in [0.4, 0.5) is 4.39 Å². The predicted molar refractivity (Wildman–Crippen MR) is 93.8 cm³/mol. The van der Waals surface area contributed by atoms with Crippen molar-refractivity contribution in [1.82, 2.24) is 5.32 Å². The average molecular weight is 340 g/mol. The molecule has 0 aliphatic carbocycles. The Morgan fingerprint density at radius 2 is 1.84 bits per heavy atom. The van der Waals surface area contributed by atoms with Gasteiger partial charge in [0, 0.05) is 5.56 Å². The first-order valence-corrected chi connectivity index (χ1v) is 7.99. The van der Waals surface area contributed by atoms with Gasteiger partial charge in [-0.05, 0) is 41.8 Å². The number of ether oxygens (including phenoxy) is 1. The minimum Gasteiger partial charge on any atom is -0.488 e. The Kier molecular flexibility index (Phi) is 5.76. The molecule has 2 rings (SSSR count). The fourth-order valence-corrected chi connectivity index (χ4v) is 2.18. The van der Waals surface area contributed by atoms with Gasteiger partial charge in [0.25, 0.3) is 5.91 Å². The average Bonchev–Trinajstić information content (AvgIpc) is 2.58. The third-order valence-electron chi connectivity index (χ3n) is 3.87. The van der Waals surface area contributed by atoms with Crippen molar-refractivity contribution in [2.45, 2.75) is 26.8 Å². The molecular formula is C20H21FN2O2. The van der Waals surface area contributed by atoms with E-state index < -0.39 is 5.82 Å². The zero-order valence-corrected chi connectivity index (χ0v) is 14.5. The Morgan fingerprint density at radius 3 is 2.40 bits per heavy atom. The van der Waals surface area contributed by atoms with Gasteiger partial charge >= 0.3 is 0 Å². The number of para-hydroxylation sites is 1. The van der Waals surface area contributed by atoms with Crippen LogP contribution in [0.15, 0.2) is 48.5 Å². The third-order valence-corrected chi connectivity index (χ3v) is 3.87. The van der Waals surface area contributed by atoms with Gasteiger partial charge in [-0.3, -0.25) is 4.79 Å². The van der Waals surface area contributed by atoms with E-state index in [1.165, 1.54) is 6.07 Å². The van der Waals surface area contributed by atoms with Crippen LogP contribution in [0, 0.1) is 22.6 Å². The highest BCUT2D eigenvalue weighted by molar-refractivity contribution is 5.94. The summed E-state index contributed by atoms with van der Waals surface area (Å²) >= 11 is 0. The SMILES string of the molecule is CC(C)(C)C(COc1ccccc1F)NC(=O)c1ccc(C#N)cc1. The lowest BCUT2D eigenvalue weighted by atomic mass is 9.87. The molecule has 0 radical (unpaired) electrons. The summed E-state index contributed by atoms with van der Waals surface area (Å²) in [5, 5.41) is 11.8. The molecule has 0 aromatic heterocycles. The normalized spacial score (nSPS) is 12.1. The molecule has 1 N–H and O–H groups in total. The number of rotatable bonds is 5. The van der Waals surface area contributed by atoms with Crippen molar-refractivity contribution in [2.24, 2.45) is 5.41 Å². The third kappa shape index (κ3) is 5.05. The van der Waals surface area contributed by atoms with Crippen LogP contribution in [0.2, 0.25) is 0 Å². The zero-order chi connectivity index (χ0) is 18.4. The van der Waals surface area contributed by atoms with Crippen molar-refractivity contribution >= 4 is 5.91 Å². The standard InChI is InChI=1S/C20H21FN2O2/c1-20(2,3)18(13-25-17-7-5-4-6-16(17)21)23-19(24)15-10-8-14(12-22)9-11-15/h4-11,18H,13H2,1-3H3,(H,23,24). The van der Waals surface area contributed by atoms with Crippen LogP contribution in [0.1, 0.15) is 36.7 Å². The van der Waals surface area contributed by atoms with Crippen LogP contribution in [0.5, 0.6) is 5.75 Å². The highest BCUT2D eigenvalue weighted by atomic mass is 19.1. The van der Waals surface area contributed by atoms with Crippen molar-refractivity contribution in [3.8, 4) is 11.8 Å². The summed E-state index contributed by atoms with van der Waals surface area (Å²) < 4.78 is 19.3. The molecule has 5 heteroatoms. The molecule has 2 aromatic rings. The molecule has 0 fully saturated rings. The van der Waals surface area contributed by atoms with Crippen molar-refractivity contribution in [2.75, 3.05) is 6.61 Å². The highest BCUT2D eigenvalue weighted by Crippen LogP contribution is 2.22. The first kappa shape index (κ1) is 18.5. The monoisotopic (exact) mass is 340 g/mol. The fourth-order valence-electron chi connectivity index (χ4n) is 2.18. The lowest BCUT2D eigenvalue weighted by Gasteiger charge is -2.31. The topological polar surface area (TPSA) is 62.1 Å². The maximum absolute atomic E-state index is 13.7. The largest absolute Gasteiger partial charge is 0.488 e. The summed E-state index contributed by atoms with van der Waals surface area (Å²) in [5.41, 5.74) is 0.666. The Hall–Kier alpha value is -2.87. The molecule has 130 valence electrons. The molecule has 0 saturated carbocycles. The second kappa shape index (κ2) is 7.80. The molecule has 0 aliphatic rings. The summed E-state index contributed by atoms with van der Waals surface area (Å²) in [5.74, 6) is -0.542. The maximum Gasteiger partial charge on any atom is 0.251 e. The Morgan fingerprint density at radius 1 is 1.20 bits per heavy atom. The van der Waals surface area contributed by atoms with Crippen LogP contribution in [-0.2, 0) is 0 Å². The maximum atomic E-state index is 13.7. The van der Waals surface area contributed by atoms with Crippen LogP contribution in [0.3, 0.4) is 0 Å². The van der Waals surface area contributed by atoms with E-state index in [9.17, 15) is 9.18 Å². The van der Waals surface area contributed by atoms with Gasteiger partial charge in [-0.1, -0.05) is 32.9 Å². The van der Waals surface area contributed by atoms with E-state index in [2.05, 4.69) is 5.32 Å². The smallest absolute Gasteiger partial charge is 0.251 e. The molecule has 1 unspecified atom stereocenters. The van der Waals surface area contributed by atoms with Gasteiger partial charge in [-0.2, -0.15) is 5.26 Å². The molecule has 0 saturated heterocycles. The van der Waals surface area contributed by atoms with E-state index in [-0.39, 0.29) is 29.7 Å². The van der Waals surface area contributed by atoms with Crippen molar-refractivity contribution < 1.29 is 13.9 Å². The lowest BCUT2D eigenvalue weighted by Crippen LogP contribution is -2.47. The number of nitrogens with one attached hydrogen (secondary N) is 1. The van der Waals surface area contributed by atoms with E-state index in [1.54, 1.807) is 42.5 Å². The first-order valence-electron chi connectivity index (χ1n) is 7.99. The summed E-state index contributed by atoms with van der Waals surface area (Å²) in [7, 11) is 0. The fraction of sp³-hybridized carbons (Fsp3) is 0.300. The van der Waals surface area contributed by atoms with Gasteiger partial charge in [0.05, 0.1) is 17.7 Å². The molecule has 25 heavy (non-hydrogen) atoms. The Bertz CT molecular complexity index is 774. The van der Waals surface area contributed by atoms with Crippen molar-refractivity contribution in [3.05, 3.63) is 65.5 Å². The molecule has 1 amide bonds. The first-order chi connectivity index (χ1) is 11.8. The van der Waals surface area contributed by atoms with Crippen LogP contribution in [-0.4, -0.2) is 18.6 Å². The Labute approximate surface area is 147 Å². The molecule has 0 heterocycles. The van der Waals surface area contributed by atoms with E-state index in [4.69, 9.17) is 10.00 Å². The van der Waals surface area contributed by atoms with Crippen molar-refractivity contribution in [3.63, 3.8) is 0 Å². The number of carbonyl (C=O) groups is 1. The molecule has 2 aromatic carbocycles. The van der Waals surface area contributed by atoms with Crippen molar-refractivity contribution in [1.29, 1.82) is 5.26 Å². The molecular weight excluding hydrogens is 319 g/mol. The number of halogens is 1. The van der Waals surface area contributed by atoms with Gasteiger partial charge in [0.15, 0.2) is 11.6 Å². The molecule has 4 nitrogen and oxygen atoms in total. The quantitative estimate of drug-likeness (QED) is 0.897. The number of nitrogens with zero attached hydrogens (tertiary/aromatic N) is 1. The van der Waals surface area contributed by atoms with Gasteiger partial charge in [-0.25, -0.2) is 4.39 Å². The van der Waals surface area contributed by atoms with Gasteiger partial charge in [0.2, 0.25) is 0 Å². The number of amides is 1. The van der Waals surface area contributed by atoms with Crippen LogP contribution >= 0.6 is 0 Å². The molecule has 0 bridgehead atoms. The molecule has 0 spiro atoms. The van der Waals surface area contributed by atoms with Crippen LogP contribution in [0.25, 0.3) is 0 Å². The van der Waals surface area contributed by atoms with Gasteiger partial charge < -0.3 is 10.1 Å². The Balaban J connectivity index is 2.08. The van der Waals surface area contributed by atoms with E-state index in [0.29, 0.717) is 11.1 Å². The number of hydrogen-bond donors (Lipinski definition) is 1. The van der Waals surface area contributed by atoms with Crippen LogP contribution < -0.4 is 10.1 Å². The number of carbonyl (C=O) groups excluding carboxylic acids is 1. The predicted octanol–water partition coefficient (Wildman–Crippen LogP) is 3.92. The molecule has 0 aliphatic heterocycles. The zero-order valence-electron chi connectivity index (χ0n) is 14.5. The van der Waals surface area contributed by atoms with E-state index in [0.717, 1.165) is 0 Å². The van der Waals surface area contributed by atoms with Gasteiger partial charge in [0.1, 0.15) is 6.61 Å². The lowest BCUT2D eigenvalue weighted by molar-refractivity contribution is 0.0860.